The summed E-state index contributed by atoms with van der Waals surface area (Å²) >= 11 is 0. The molecule has 0 heterocycles. The van der Waals surface area contributed by atoms with Gasteiger partial charge in [-0.2, -0.15) is 0 Å². The monoisotopic (exact) mass is 1270 g/mol. The third-order valence-corrected chi connectivity index (χ3v) is 17.2. The van der Waals surface area contributed by atoms with Crippen molar-refractivity contribution < 1.29 is 80.2 Å². The number of aliphatic hydroxyl groups is 1. The van der Waals surface area contributed by atoms with Crippen molar-refractivity contribution in [1.82, 2.24) is 0 Å². The van der Waals surface area contributed by atoms with Crippen LogP contribution < -0.4 is 0 Å². The quantitative estimate of drug-likeness (QED) is 0.0222. The highest BCUT2D eigenvalue weighted by molar-refractivity contribution is 7.47. The average molecular weight is 1270 g/mol. The van der Waals surface area contributed by atoms with Gasteiger partial charge in [0.1, 0.15) is 19.3 Å². The molecule has 0 aliphatic carbocycles. The second kappa shape index (κ2) is 57.0. The molecule has 0 aromatic carbocycles. The summed E-state index contributed by atoms with van der Waals surface area (Å²) in [4.78, 5) is 72.3. The molecule has 0 aliphatic rings. The Labute approximate surface area is 524 Å². The van der Waals surface area contributed by atoms with Gasteiger partial charge in [-0.25, -0.2) is 9.13 Å². The number of phosphoric ester groups is 2. The molecule has 0 saturated heterocycles. The van der Waals surface area contributed by atoms with Gasteiger partial charge in [0, 0.05) is 25.7 Å². The first-order valence-electron chi connectivity index (χ1n) is 34.7. The molecule has 0 aromatic heterocycles. The van der Waals surface area contributed by atoms with Crippen molar-refractivity contribution in [2.24, 2.45) is 23.7 Å². The van der Waals surface area contributed by atoms with Crippen LogP contribution in [0.3, 0.4) is 0 Å². The first-order valence-corrected chi connectivity index (χ1v) is 37.7. The van der Waals surface area contributed by atoms with Gasteiger partial charge in [0.25, 0.3) is 0 Å². The zero-order chi connectivity index (χ0) is 63.9. The molecule has 0 spiro atoms. The first kappa shape index (κ1) is 84.1. The van der Waals surface area contributed by atoms with Crippen LogP contribution in [0.1, 0.15) is 325 Å². The fourth-order valence-corrected chi connectivity index (χ4v) is 11.5. The van der Waals surface area contributed by atoms with E-state index >= 15 is 0 Å². The van der Waals surface area contributed by atoms with Crippen LogP contribution in [0.4, 0.5) is 0 Å². The normalized spacial score (nSPS) is 14.4. The van der Waals surface area contributed by atoms with Crippen molar-refractivity contribution in [2.75, 3.05) is 39.6 Å². The predicted octanol–water partition coefficient (Wildman–Crippen LogP) is 18.5. The molecular formula is C67H130O17P2. The minimum absolute atomic E-state index is 0.101. The summed E-state index contributed by atoms with van der Waals surface area (Å²) in [7, 11) is -9.89. The molecule has 86 heavy (non-hydrogen) atoms. The smallest absolute Gasteiger partial charge is 0.462 e. The lowest BCUT2D eigenvalue weighted by Crippen LogP contribution is -2.30. The lowest BCUT2D eigenvalue weighted by Gasteiger charge is -2.21. The average Bonchev–Trinajstić information content (AvgIpc) is 3.67. The van der Waals surface area contributed by atoms with E-state index < -0.39 is 97.5 Å². The topological polar surface area (TPSA) is 237 Å². The number of rotatable bonds is 64. The molecule has 3 unspecified atom stereocenters. The van der Waals surface area contributed by atoms with Crippen LogP contribution >= 0.6 is 15.6 Å². The van der Waals surface area contributed by atoms with Crippen LogP contribution in [-0.4, -0.2) is 96.7 Å². The molecule has 0 radical (unpaired) electrons. The number of aliphatic hydroxyl groups excluding tert-OH is 1. The van der Waals surface area contributed by atoms with Gasteiger partial charge in [0.15, 0.2) is 12.2 Å². The maximum Gasteiger partial charge on any atom is 0.472 e. The Bertz CT molecular complexity index is 1710. The third-order valence-electron chi connectivity index (χ3n) is 15.3. The Balaban J connectivity index is 5.23. The molecule has 5 atom stereocenters. The summed E-state index contributed by atoms with van der Waals surface area (Å²) in [6, 6.07) is 0. The summed E-state index contributed by atoms with van der Waals surface area (Å²) in [6.45, 7) is 14.0. The van der Waals surface area contributed by atoms with Crippen molar-refractivity contribution in [3.8, 4) is 0 Å². The van der Waals surface area contributed by atoms with Gasteiger partial charge in [0.05, 0.1) is 26.4 Å². The van der Waals surface area contributed by atoms with E-state index in [0.29, 0.717) is 31.6 Å². The highest BCUT2D eigenvalue weighted by Gasteiger charge is 2.30. The number of carbonyl (C=O) groups excluding carboxylic acids is 4. The Morgan fingerprint density at radius 1 is 0.291 bits per heavy atom. The van der Waals surface area contributed by atoms with Crippen LogP contribution in [0.5, 0.6) is 0 Å². The maximum atomic E-state index is 13.0. The van der Waals surface area contributed by atoms with Gasteiger partial charge in [-0.05, 0) is 49.4 Å². The number of esters is 4. The molecule has 0 aliphatic heterocycles. The molecule has 0 saturated carbocycles. The molecular weight excluding hydrogens is 1140 g/mol. The van der Waals surface area contributed by atoms with Gasteiger partial charge >= 0.3 is 39.5 Å². The second-order valence-corrected chi connectivity index (χ2v) is 29.0. The van der Waals surface area contributed by atoms with E-state index in [1.165, 1.54) is 128 Å². The van der Waals surface area contributed by atoms with E-state index in [-0.39, 0.29) is 25.7 Å². The zero-order valence-corrected chi connectivity index (χ0v) is 57.7. The number of hydrogen-bond donors (Lipinski definition) is 3. The van der Waals surface area contributed by atoms with Crippen molar-refractivity contribution >= 4 is 39.5 Å². The maximum absolute atomic E-state index is 13.0. The van der Waals surface area contributed by atoms with E-state index in [4.69, 9.17) is 37.0 Å². The van der Waals surface area contributed by atoms with Crippen LogP contribution in [0.25, 0.3) is 0 Å². The number of ether oxygens (including phenoxy) is 4. The first-order chi connectivity index (χ1) is 41.1. The van der Waals surface area contributed by atoms with E-state index in [2.05, 4.69) is 55.4 Å². The molecule has 0 bridgehead atoms. The SMILES string of the molecule is CC(C)CCCCCCCCCCCCCC(=O)OC[C@H](COP(=O)(O)OCC(O)COP(=O)(O)OC[C@@H](COC(=O)CCCCCCCCCCC(C)C)OC(=O)CCCCCCCCCCCC(C)C)OC(=O)CCCCCCCCC(C)C. The lowest BCUT2D eigenvalue weighted by molar-refractivity contribution is -0.161. The zero-order valence-electron chi connectivity index (χ0n) is 55.9. The standard InChI is InChI=1S/C67H130O17P2/c1-57(2)43-35-27-19-13-10-9-11-15-22-31-39-47-64(69)77-54-63(84-67(72)50-42-34-26-25-30-38-46-60(7)8)56-82-86(75,76)80-52-61(68)51-79-85(73,74)81-55-62(53-78-65(70)48-40-32-23-18-17-21-29-37-45-59(5)6)83-66(71)49-41-33-24-16-12-14-20-28-36-44-58(3)4/h57-63,68H,9-56H2,1-8H3,(H,73,74)(H,75,76)/t61?,62-,63-/m1/s1. The number of hydrogen-bond acceptors (Lipinski definition) is 15. The van der Waals surface area contributed by atoms with Crippen LogP contribution in [0, 0.1) is 23.7 Å². The van der Waals surface area contributed by atoms with E-state index in [9.17, 15) is 43.2 Å². The van der Waals surface area contributed by atoms with Crippen molar-refractivity contribution in [3.63, 3.8) is 0 Å². The molecule has 0 amide bonds. The molecule has 19 heteroatoms. The van der Waals surface area contributed by atoms with Gasteiger partial charge in [0.2, 0.25) is 0 Å². The highest BCUT2D eigenvalue weighted by Crippen LogP contribution is 2.45. The largest absolute Gasteiger partial charge is 0.472 e. The van der Waals surface area contributed by atoms with Gasteiger partial charge in [-0.3, -0.25) is 37.3 Å². The van der Waals surface area contributed by atoms with E-state index in [0.717, 1.165) is 108 Å². The highest BCUT2D eigenvalue weighted by atomic mass is 31.2. The van der Waals surface area contributed by atoms with Gasteiger partial charge < -0.3 is 33.8 Å². The fourth-order valence-electron chi connectivity index (χ4n) is 9.96. The van der Waals surface area contributed by atoms with Crippen LogP contribution in [-0.2, 0) is 65.4 Å². The summed E-state index contributed by atoms with van der Waals surface area (Å²) in [6.07, 6.45) is 37.8. The predicted molar refractivity (Wildman–Crippen MR) is 344 cm³/mol. The van der Waals surface area contributed by atoms with Crippen LogP contribution in [0.15, 0.2) is 0 Å². The Morgan fingerprint density at radius 2 is 0.488 bits per heavy atom. The molecule has 0 rings (SSSR count). The summed E-state index contributed by atoms with van der Waals surface area (Å²) in [5.41, 5.74) is 0. The minimum Gasteiger partial charge on any atom is -0.462 e. The number of phosphoric acid groups is 2. The van der Waals surface area contributed by atoms with Crippen molar-refractivity contribution in [1.29, 1.82) is 0 Å². The Kier molecular flexibility index (Phi) is 55.7. The van der Waals surface area contributed by atoms with Crippen molar-refractivity contribution in [3.05, 3.63) is 0 Å². The number of unbranched alkanes of at least 4 members (excludes halogenated alkanes) is 30. The van der Waals surface area contributed by atoms with Gasteiger partial charge in [-0.1, -0.05) is 274 Å². The Hall–Kier alpha value is -1.94. The lowest BCUT2D eigenvalue weighted by atomic mass is 10.0. The van der Waals surface area contributed by atoms with Crippen LogP contribution in [0.2, 0.25) is 0 Å². The van der Waals surface area contributed by atoms with E-state index in [1.807, 2.05) is 0 Å². The van der Waals surface area contributed by atoms with E-state index in [1.54, 1.807) is 0 Å². The molecule has 3 N–H and O–H groups in total. The van der Waals surface area contributed by atoms with Crippen molar-refractivity contribution in [2.45, 2.75) is 343 Å². The molecule has 510 valence electrons. The van der Waals surface area contributed by atoms with Gasteiger partial charge in [-0.15, -0.1) is 0 Å². The molecule has 17 nitrogen and oxygen atoms in total. The summed E-state index contributed by atoms with van der Waals surface area (Å²) < 4.78 is 68.1. The number of carbonyl (C=O) groups is 4. The summed E-state index contributed by atoms with van der Waals surface area (Å²) in [5.74, 6) is 0.765. The molecule has 0 aromatic rings. The summed E-state index contributed by atoms with van der Waals surface area (Å²) in [5, 5.41) is 10.6. The Morgan fingerprint density at radius 3 is 0.721 bits per heavy atom. The third kappa shape index (κ3) is 60.9. The molecule has 0 fully saturated rings. The fraction of sp³-hybridized carbons (Fsp3) is 0.940. The second-order valence-electron chi connectivity index (χ2n) is 26.1. The minimum atomic E-state index is -4.95.